The normalized spacial score (nSPS) is 19.3. The van der Waals surface area contributed by atoms with Gasteiger partial charge in [0.15, 0.2) is 5.84 Å². The van der Waals surface area contributed by atoms with Gasteiger partial charge in [-0.25, -0.2) is 0 Å². The van der Waals surface area contributed by atoms with E-state index in [0.29, 0.717) is 6.54 Å². The molecule has 5 nitrogen and oxygen atoms in total. The number of amidine groups is 1. The van der Waals surface area contributed by atoms with Crippen LogP contribution in [0.1, 0.15) is 26.7 Å². The third-order valence-electron chi connectivity index (χ3n) is 3.13. The second-order valence-corrected chi connectivity index (χ2v) is 5.95. The van der Waals surface area contributed by atoms with Crippen molar-refractivity contribution in [1.29, 1.82) is 0 Å². The molecule has 0 aromatic carbocycles. The van der Waals surface area contributed by atoms with Gasteiger partial charge in [0.05, 0.1) is 0 Å². The molecule has 0 radical (unpaired) electrons. The predicted octanol–water partition coefficient (Wildman–Crippen LogP) is 0.771. The molecule has 0 aromatic heterocycles. The fourth-order valence-electron chi connectivity index (χ4n) is 1.30. The highest BCUT2D eigenvalue weighted by Crippen LogP contribution is 2.46. The van der Waals surface area contributed by atoms with Crippen LogP contribution in [0.15, 0.2) is 5.16 Å². The van der Waals surface area contributed by atoms with Crippen LogP contribution in [0.4, 0.5) is 0 Å². The molecule has 0 aromatic rings. The smallest absolute Gasteiger partial charge is 0.233 e. The number of carbonyl (C=O) groups excluding carboxylic acids is 1. The molecule has 0 bridgehead atoms. The predicted molar refractivity (Wildman–Crippen MR) is 65.7 cm³/mol. The zero-order valence-electron chi connectivity index (χ0n) is 9.91. The first-order chi connectivity index (χ1) is 7.38. The lowest BCUT2D eigenvalue weighted by Gasteiger charge is -2.23. The van der Waals surface area contributed by atoms with Crippen LogP contribution in [0, 0.1) is 5.41 Å². The highest BCUT2D eigenvalue weighted by atomic mass is 32.2. The summed E-state index contributed by atoms with van der Waals surface area (Å²) in [4.78, 5) is 11.9. The summed E-state index contributed by atoms with van der Waals surface area (Å²) in [7, 11) is 0. The van der Waals surface area contributed by atoms with Gasteiger partial charge in [-0.2, -0.15) is 11.8 Å². The Morgan fingerprint density at radius 3 is 2.56 bits per heavy atom. The summed E-state index contributed by atoms with van der Waals surface area (Å²) in [6.45, 7) is 3.92. The van der Waals surface area contributed by atoms with E-state index in [1.807, 2.05) is 6.26 Å². The van der Waals surface area contributed by atoms with Crippen LogP contribution in [0.2, 0.25) is 0 Å². The van der Waals surface area contributed by atoms with E-state index in [1.165, 1.54) is 0 Å². The van der Waals surface area contributed by atoms with Gasteiger partial charge < -0.3 is 16.3 Å². The summed E-state index contributed by atoms with van der Waals surface area (Å²) < 4.78 is 0.219. The van der Waals surface area contributed by atoms with Crippen LogP contribution >= 0.6 is 11.8 Å². The number of amides is 1. The standard InChI is InChI=1S/C10H19N3O2S/c1-9(2,7(11)13-15)8(14)12-6-10(16-3)4-5-10/h15H,4-6H2,1-3H3,(H2,11,13)(H,12,14). The third-order valence-corrected chi connectivity index (χ3v) is 4.55. The van der Waals surface area contributed by atoms with Crippen LogP contribution in [-0.4, -0.2) is 34.5 Å². The summed E-state index contributed by atoms with van der Waals surface area (Å²) >= 11 is 1.78. The van der Waals surface area contributed by atoms with Gasteiger partial charge >= 0.3 is 0 Å². The average Bonchev–Trinajstić information content (AvgIpc) is 3.05. The third kappa shape index (κ3) is 2.61. The Kier molecular flexibility index (Phi) is 3.72. The maximum absolute atomic E-state index is 11.9. The van der Waals surface area contributed by atoms with Crippen molar-refractivity contribution in [2.75, 3.05) is 12.8 Å². The molecule has 1 aliphatic rings. The monoisotopic (exact) mass is 245 g/mol. The van der Waals surface area contributed by atoms with E-state index in [0.717, 1.165) is 12.8 Å². The highest BCUT2D eigenvalue weighted by Gasteiger charge is 2.43. The van der Waals surface area contributed by atoms with E-state index in [-0.39, 0.29) is 16.5 Å². The Labute approximate surface area is 99.8 Å². The Morgan fingerprint density at radius 2 is 2.19 bits per heavy atom. The summed E-state index contributed by atoms with van der Waals surface area (Å²) in [5.41, 5.74) is 4.50. The van der Waals surface area contributed by atoms with Gasteiger partial charge in [-0.15, -0.1) is 0 Å². The molecule has 6 heteroatoms. The van der Waals surface area contributed by atoms with Gasteiger partial charge in [0.1, 0.15) is 5.41 Å². The largest absolute Gasteiger partial charge is 0.409 e. The van der Waals surface area contributed by atoms with E-state index >= 15 is 0 Å². The van der Waals surface area contributed by atoms with Gasteiger partial charge in [0.25, 0.3) is 0 Å². The summed E-state index contributed by atoms with van der Waals surface area (Å²) in [6, 6.07) is 0. The topological polar surface area (TPSA) is 87.7 Å². The van der Waals surface area contributed by atoms with Gasteiger partial charge in [-0.3, -0.25) is 4.79 Å². The molecule has 1 rings (SSSR count). The van der Waals surface area contributed by atoms with Crippen molar-refractivity contribution in [3.63, 3.8) is 0 Å². The molecule has 1 saturated carbocycles. The number of hydrogen-bond donors (Lipinski definition) is 3. The molecule has 0 unspecified atom stereocenters. The minimum Gasteiger partial charge on any atom is -0.409 e. The van der Waals surface area contributed by atoms with E-state index in [2.05, 4.69) is 10.5 Å². The Balaban J connectivity index is 2.52. The molecule has 92 valence electrons. The summed E-state index contributed by atoms with van der Waals surface area (Å²) in [5, 5.41) is 14.3. The fourth-order valence-corrected chi connectivity index (χ4v) is 2.02. The van der Waals surface area contributed by atoms with E-state index in [1.54, 1.807) is 25.6 Å². The summed E-state index contributed by atoms with van der Waals surface area (Å²) in [5.74, 6) is -0.276. The van der Waals surface area contributed by atoms with Gasteiger partial charge in [0, 0.05) is 11.3 Å². The number of rotatable bonds is 5. The van der Waals surface area contributed by atoms with Crippen molar-refractivity contribution in [2.24, 2.45) is 16.3 Å². The number of nitrogens with one attached hydrogen (secondary N) is 1. The quantitative estimate of drug-likeness (QED) is 0.289. The zero-order valence-corrected chi connectivity index (χ0v) is 10.7. The molecule has 4 N–H and O–H groups in total. The second kappa shape index (κ2) is 4.53. The Hall–Kier alpha value is -0.910. The number of nitrogens with two attached hydrogens (primary N) is 1. The van der Waals surface area contributed by atoms with Crippen molar-refractivity contribution in [2.45, 2.75) is 31.4 Å². The van der Waals surface area contributed by atoms with Crippen LogP contribution in [0.3, 0.4) is 0 Å². The Bertz CT molecular complexity index is 311. The molecule has 0 spiro atoms. The van der Waals surface area contributed by atoms with E-state index in [4.69, 9.17) is 10.9 Å². The first kappa shape index (κ1) is 13.2. The first-order valence-corrected chi connectivity index (χ1v) is 6.42. The number of hydrogen-bond acceptors (Lipinski definition) is 4. The number of carbonyl (C=O) groups is 1. The molecule has 1 aliphatic carbocycles. The Morgan fingerprint density at radius 1 is 1.62 bits per heavy atom. The molecule has 1 amide bonds. The lowest BCUT2D eigenvalue weighted by molar-refractivity contribution is -0.126. The van der Waals surface area contributed by atoms with Gasteiger partial charge in [-0.1, -0.05) is 5.16 Å². The van der Waals surface area contributed by atoms with Crippen LogP contribution < -0.4 is 11.1 Å². The van der Waals surface area contributed by atoms with Crippen LogP contribution in [-0.2, 0) is 4.79 Å². The van der Waals surface area contributed by atoms with E-state index < -0.39 is 5.41 Å². The molecule has 0 atom stereocenters. The maximum Gasteiger partial charge on any atom is 0.233 e. The molecular weight excluding hydrogens is 226 g/mol. The van der Waals surface area contributed by atoms with E-state index in [9.17, 15) is 4.79 Å². The summed E-state index contributed by atoms with van der Waals surface area (Å²) in [6.07, 6.45) is 4.32. The minimum absolute atomic E-state index is 0.0704. The SMILES string of the molecule is CSC1(CNC(=O)C(C)(C)C(N)=NO)CC1. The molecule has 0 saturated heterocycles. The van der Waals surface area contributed by atoms with Gasteiger partial charge in [0.2, 0.25) is 5.91 Å². The lowest BCUT2D eigenvalue weighted by Crippen LogP contribution is -2.47. The van der Waals surface area contributed by atoms with Crippen molar-refractivity contribution in [1.82, 2.24) is 5.32 Å². The second-order valence-electron chi connectivity index (χ2n) is 4.68. The first-order valence-electron chi connectivity index (χ1n) is 5.19. The molecule has 1 fully saturated rings. The van der Waals surface area contributed by atoms with Crippen LogP contribution in [0.25, 0.3) is 0 Å². The van der Waals surface area contributed by atoms with Crippen molar-refractivity contribution in [3.05, 3.63) is 0 Å². The molecular formula is C10H19N3O2S. The van der Waals surface area contributed by atoms with Crippen molar-refractivity contribution in [3.8, 4) is 0 Å². The molecule has 16 heavy (non-hydrogen) atoms. The maximum atomic E-state index is 11.9. The molecule has 0 heterocycles. The van der Waals surface area contributed by atoms with Crippen LogP contribution in [0.5, 0.6) is 0 Å². The average molecular weight is 245 g/mol. The number of nitrogens with zero attached hydrogens (tertiary/aromatic N) is 1. The zero-order chi connectivity index (χ0) is 12.4. The van der Waals surface area contributed by atoms with Crippen molar-refractivity contribution < 1.29 is 10.0 Å². The molecule has 0 aliphatic heterocycles. The van der Waals surface area contributed by atoms with Crippen molar-refractivity contribution >= 4 is 23.5 Å². The fraction of sp³-hybridized carbons (Fsp3) is 0.800. The highest BCUT2D eigenvalue weighted by molar-refractivity contribution is 8.00. The number of oxime groups is 1. The minimum atomic E-state index is -0.969. The van der Waals surface area contributed by atoms with Gasteiger partial charge in [-0.05, 0) is 32.9 Å². The lowest BCUT2D eigenvalue weighted by atomic mass is 9.91. The number of thioether (sulfide) groups is 1.